The highest BCUT2D eigenvalue weighted by Crippen LogP contribution is 2.40. The molecule has 0 bridgehead atoms. The van der Waals surface area contributed by atoms with E-state index in [0.717, 1.165) is 6.20 Å². The predicted octanol–water partition coefficient (Wildman–Crippen LogP) is 1.68. The fraction of sp³-hybridized carbons (Fsp3) is 0. The van der Waals surface area contributed by atoms with E-state index in [0.29, 0.717) is 16.9 Å². The fourth-order valence-corrected chi connectivity index (χ4v) is 1.72. The molecule has 1 heterocycles. The van der Waals surface area contributed by atoms with Crippen molar-refractivity contribution in [2.24, 2.45) is 4.99 Å². The smallest absolute Gasteiger partial charge is 0.308 e. The Morgan fingerprint density at radius 1 is 0.957 bits per heavy atom. The number of nitro groups is 3. The second-order valence-corrected chi connectivity index (χ2v) is 4.12. The number of pyridine rings is 1. The first kappa shape index (κ1) is 15.6. The zero-order valence-electron chi connectivity index (χ0n) is 11.1. The molecule has 2 aromatic rings. The molecule has 0 saturated carbocycles. The van der Waals surface area contributed by atoms with Crippen LogP contribution in [0.3, 0.4) is 0 Å². The number of nitrogens with zero attached hydrogens (tertiary/aromatic N) is 5. The number of hydrogen-bond acceptors (Lipinski definition) is 8. The van der Waals surface area contributed by atoms with Crippen LogP contribution in [0.2, 0.25) is 0 Å². The van der Waals surface area contributed by atoms with E-state index in [1.54, 1.807) is 0 Å². The van der Waals surface area contributed by atoms with Gasteiger partial charge in [0.05, 0.1) is 26.9 Å². The minimum atomic E-state index is -1.02. The minimum Gasteiger partial charge on any atom is -0.427 e. The first-order valence-corrected chi connectivity index (χ1v) is 5.84. The normalized spacial score (nSPS) is 11.2. The third-order valence-corrected chi connectivity index (χ3v) is 2.70. The average molecular weight is 321 g/mol. The number of nitro benzene ring substituents is 3. The van der Waals surface area contributed by atoms with Crippen molar-refractivity contribution < 1.29 is 20.0 Å². The molecule has 0 aliphatic heterocycles. The molecular formula is C11H7N5O7. The van der Waals surface area contributed by atoms with Crippen molar-refractivity contribution in [3.8, 4) is 0 Å². The van der Waals surface area contributed by atoms with Crippen LogP contribution < -0.4 is 5.49 Å². The molecule has 0 aliphatic rings. The summed E-state index contributed by atoms with van der Waals surface area (Å²) in [6.07, 6.45) is 1.15. The fourth-order valence-electron chi connectivity index (χ4n) is 1.72. The molecule has 1 N–H and O–H groups in total. The van der Waals surface area contributed by atoms with Crippen molar-refractivity contribution in [2.45, 2.75) is 0 Å². The summed E-state index contributed by atoms with van der Waals surface area (Å²) in [5.74, 6) is 0. The van der Waals surface area contributed by atoms with Crippen LogP contribution in [0.15, 0.2) is 41.5 Å². The van der Waals surface area contributed by atoms with Crippen molar-refractivity contribution in [1.82, 2.24) is 4.73 Å². The van der Waals surface area contributed by atoms with Crippen LogP contribution in [-0.2, 0) is 0 Å². The summed E-state index contributed by atoms with van der Waals surface area (Å²) in [6, 6.07) is 5.24. The Hall–Kier alpha value is -3.83. The topological polar surface area (TPSA) is 167 Å². The first-order chi connectivity index (χ1) is 10.8. The van der Waals surface area contributed by atoms with Crippen molar-refractivity contribution in [1.29, 1.82) is 0 Å². The van der Waals surface area contributed by atoms with Gasteiger partial charge in [0.2, 0.25) is 5.69 Å². The lowest BCUT2D eigenvalue weighted by Crippen LogP contribution is -2.16. The molecule has 0 amide bonds. The van der Waals surface area contributed by atoms with E-state index in [1.807, 2.05) is 0 Å². The minimum absolute atomic E-state index is 0.229. The number of rotatable bonds is 4. The summed E-state index contributed by atoms with van der Waals surface area (Å²) in [5.41, 5.74) is -3.59. The lowest BCUT2D eigenvalue weighted by Gasteiger charge is -2.01. The van der Waals surface area contributed by atoms with Gasteiger partial charge in [-0.15, -0.1) is 0 Å². The first-order valence-electron chi connectivity index (χ1n) is 5.84. The van der Waals surface area contributed by atoms with E-state index >= 15 is 0 Å². The largest absolute Gasteiger partial charge is 0.427 e. The van der Waals surface area contributed by atoms with E-state index in [-0.39, 0.29) is 5.49 Å². The van der Waals surface area contributed by atoms with Gasteiger partial charge in [0.1, 0.15) is 0 Å². The predicted molar refractivity (Wildman–Crippen MR) is 73.2 cm³/mol. The van der Waals surface area contributed by atoms with Crippen LogP contribution in [0, 0.1) is 30.3 Å². The summed E-state index contributed by atoms with van der Waals surface area (Å²) in [5, 5.41) is 42.5. The van der Waals surface area contributed by atoms with Crippen molar-refractivity contribution in [3.05, 3.63) is 72.4 Å². The Morgan fingerprint density at radius 3 is 1.96 bits per heavy atom. The van der Waals surface area contributed by atoms with Gasteiger partial charge in [0.25, 0.3) is 5.69 Å². The number of benzene rings is 1. The number of aromatic nitrogens is 1. The highest BCUT2D eigenvalue weighted by molar-refractivity contribution is 5.73. The molecular weight excluding hydrogens is 314 g/mol. The Balaban J connectivity index is 2.88. The molecule has 118 valence electrons. The van der Waals surface area contributed by atoms with Crippen LogP contribution >= 0.6 is 0 Å². The zero-order chi connectivity index (χ0) is 17.1. The van der Waals surface area contributed by atoms with Crippen molar-refractivity contribution >= 4 is 22.7 Å². The third-order valence-electron chi connectivity index (χ3n) is 2.70. The third kappa shape index (κ3) is 3.10. The SMILES string of the molecule is O=[N+]([O-])c1cc([N+](=O)[O-])c(N=c2ccccn2O)c([N+](=O)[O-])c1. The van der Waals surface area contributed by atoms with Gasteiger partial charge >= 0.3 is 11.4 Å². The molecule has 23 heavy (non-hydrogen) atoms. The van der Waals surface area contributed by atoms with Gasteiger partial charge < -0.3 is 5.21 Å². The van der Waals surface area contributed by atoms with Crippen LogP contribution in [0.1, 0.15) is 0 Å². The molecule has 0 aliphatic carbocycles. The standard InChI is InChI=1S/C11H7N5O7/c17-13-4-2-1-3-10(13)12-11-8(15(20)21)5-7(14(18)19)6-9(11)16(22)23/h1-6,17H. The maximum Gasteiger partial charge on any atom is 0.308 e. The van der Waals surface area contributed by atoms with Gasteiger partial charge in [0.15, 0.2) is 5.49 Å². The van der Waals surface area contributed by atoms with E-state index in [4.69, 9.17) is 0 Å². The van der Waals surface area contributed by atoms with Gasteiger partial charge in [0, 0.05) is 6.20 Å². The van der Waals surface area contributed by atoms with E-state index in [9.17, 15) is 35.6 Å². The van der Waals surface area contributed by atoms with E-state index < -0.39 is 37.5 Å². The van der Waals surface area contributed by atoms with Gasteiger partial charge in [-0.05, 0) is 12.1 Å². The Bertz CT molecular complexity index is 853. The molecule has 0 spiro atoms. The second-order valence-electron chi connectivity index (χ2n) is 4.12. The summed E-state index contributed by atoms with van der Waals surface area (Å²) >= 11 is 0. The highest BCUT2D eigenvalue weighted by atomic mass is 16.6. The van der Waals surface area contributed by atoms with Crippen molar-refractivity contribution in [3.63, 3.8) is 0 Å². The molecule has 1 aromatic heterocycles. The van der Waals surface area contributed by atoms with E-state index in [1.165, 1.54) is 18.2 Å². The van der Waals surface area contributed by atoms with Crippen LogP contribution in [0.5, 0.6) is 0 Å². The van der Waals surface area contributed by atoms with Crippen LogP contribution in [0.4, 0.5) is 22.7 Å². The highest BCUT2D eigenvalue weighted by Gasteiger charge is 2.30. The summed E-state index contributed by atoms with van der Waals surface area (Å²) in [7, 11) is 0. The number of hydrogen-bond donors (Lipinski definition) is 1. The molecule has 0 atom stereocenters. The summed E-state index contributed by atoms with van der Waals surface area (Å²) in [6.45, 7) is 0. The molecule has 0 fully saturated rings. The van der Waals surface area contributed by atoms with Crippen LogP contribution in [-0.4, -0.2) is 24.7 Å². The average Bonchev–Trinajstić information content (AvgIpc) is 2.48. The second kappa shape index (κ2) is 5.88. The number of non-ortho nitro benzene ring substituents is 1. The van der Waals surface area contributed by atoms with E-state index in [2.05, 4.69) is 4.99 Å². The van der Waals surface area contributed by atoms with Gasteiger partial charge in [-0.3, -0.25) is 30.3 Å². The molecule has 0 unspecified atom stereocenters. The maximum atomic E-state index is 11.1. The Labute approximate surface area is 126 Å². The Kier molecular flexibility index (Phi) is 3.98. The quantitative estimate of drug-likeness (QED) is 0.507. The molecule has 1 aromatic carbocycles. The molecule has 0 radical (unpaired) electrons. The maximum absolute atomic E-state index is 11.1. The van der Waals surface area contributed by atoms with Gasteiger partial charge in [-0.25, -0.2) is 4.99 Å². The zero-order valence-corrected chi connectivity index (χ0v) is 11.1. The lowest BCUT2D eigenvalue weighted by molar-refractivity contribution is -0.402. The van der Waals surface area contributed by atoms with Gasteiger partial charge in [-0.2, -0.15) is 4.73 Å². The summed E-state index contributed by atoms with van der Waals surface area (Å²) < 4.78 is 0.495. The Morgan fingerprint density at radius 2 is 1.52 bits per heavy atom. The molecule has 12 heteroatoms. The monoisotopic (exact) mass is 321 g/mol. The molecule has 0 saturated heterocycles. The lowest BCUT2D eigenvalue weighted by atomic mass is 10.2. The van der Waals surface area contributed by atoms with Crippen molar-refractivity contribution in [2.75, 3.05) is 0 Å². The van der Waals surface area contributed by atoms with Gasteiger partial charge in [-0.1, -0.05) is 6.07 Å². The molecule has 2 rings (SSSR count). The summed E-state index contributed by atoms with van der Waals surface area (Å²) in [4.78, 5) is 33.6. The van der Waals surface area contributed by atoms with Crippen LogP contribution in [0.25, 0.3) is 0 Å². The molecule has 12 nitrogen and oxygen atoms in total.